The van der Waals surface area contributed by atoms with Crippen molar-refractivity contribution in [2.75, 3.05) is 7.11 Å². The number of carboxylic acid groups (broad SMARTS) is 1. The van der Waals surface area contributed by atoms with E-state index in [9.17, 15) is 4.79 Å². The molecule has 90 valence electrons. The molecule has 0 aromatic carbocycles. The molecule has 1 unspecified atom stereocenters. The minimum atomic E-state index is -1.17. The Kier molecular flexibility index (Phi) is 3.89. The third-order valence-electron chi connectivity index (χ3n) is 2.42. The Bertz CT molecular complexity index is 360. The van der Waals surface area contributed by atoms with Gasteiger partial charge in [-0.15, -0.1) is 0 Å². The highest BCUT2D eigenvalue weighted by atomic mass is 16.5. The van der Waals surface area contributed by atoms with Gasteiger partial charge < -0.3 is 15.6 Å². The summed E-state index contributed by atoms with van der Waals surface area (Å²) in [5.41, 5.74) is 4.43. The van der Waals surface area contributed by atoms with Gasteiger partial charge in [-0.1, -0.05) is 0 Å². The number of carboxylic acids is 1. The van der Waals surface area contributed by atoms with Crippen molar-refractivity contribution in [2.24, 2.45) is 5.73 Å². The lowest BCUT2D eigenvalue weighted by Gasteiger charge is -2.18. The lowest BCUT2D eigenvalue weighted by molar-refractivity contribution is -0.142. The van der Waals surface area contributed by atoms with Crippen molar-refractivity contribution < 1.29 is 14.6 Å². The van der Waals surface area contributed by atoms with Gasteiger partial charge in [-0.2, -0.15) is 5.10 Å². The van der Waals surface area contributed by atoms with E-state index in [1.807, 2.05) is 0 Å². The lowest BCUT2D eigenvalue weighted by atomic mass is 9.98. The molecule has 0 amide bonds. The number of ether oxygens (including phenoxy) is 1. The monoisotopic (exact) mass is 227 g/mol. The Morgan fingerprint density at radius 2 is 2.44 bits per heavy atom. The highest BCUT2D eigenvalue weighted by Gasteiger charge is 2.26. The number of aliphatic carboxylic acids is 1. The second-order valence-electron chi connectivity index (χ2n) is 3.97. The molecule has 0 saturated heterocycles. The van der Waals surface area contributed by atoms with Crippen LogP contribution in [0.25, 0.3) is 0 Å². The summed E-state index contributed by atoms with van der Waals surface area (Å²) >= 11 is 0. The average molecular weight is 227 g/mol. The summed E-state index contributed by atoms with van der Waals surface area (Å²) in [6.45, 7) is 2.14. The standard InChI is InChI=1S/C10H17N3O3/c1-10(11,9(14)15)4-3-5-13-7-8(16-2)6-12-13/h6-7H,3-5,11H2,1-2H3,(H,14,15). The van der Waals surface area contributed by atoms with Crippen LogP contribution in [-0.4, -0.2) is 33.5 Å². The van der Waals surface area contributed by atoms with Gasteiger partial charge in [0.15, 0.2) is 5.75 Å². The average Bonchev–Trinajstić information content (AvgIpc) is 2.65. The summed E-state index contributed by atoms with van der Waals surface area (Å²) in [7, 11) is 1.57. The molecule has 6 nitrogen and oxygen atoms in total. The summed E-state index contributed by atoms with van der Waals surface area (Å²) in [6, 6.07) is 0. The molecule has 1 atom stereocenters. The van der Waals surface area contributed by atoms with Gasteiger partial charge in [0, 0.05) is 6.54 Å². The summed E-state index contributed by atoms with van der Waals surface area (Å²) in [6.07, 6.45) is 4.43. The zero-order valence-corrected chi connectivity index (χ0v) is 9.51. The number of hydrogen-bond donors (Lipinski definition) is 2. The van der Waals surface area contributed by atoms with E-state index in [1.165, 1.54) is 6.92 Å². The highest BCUT2D eigenvalue weighted by Crippen LogP contribution is 2.12. The number of nitrogens with two attached hydrogens (primary N) is 1. The normalized spacial score (nSPS) is 14.4. The van der Waals surface area contributed by atoms with Crippen LogP contribution in [-0.2, 0) is 11.3 Å². The van der Waals surface area contributed by atoms with Crippen LogP contribution in [0.2, 0.25) is 0 Å². The van der Waals surface area contributed by atoms with Crippen molar-refractivity contribution in [1.82, 2.24) is 9.78 Å². The molecule has 1 aromatic rings. The third kappa shape index (κ3) is 3.23. The number of rotatable bonds is 6. The van der Waals surface area contributed by atoms with Crippen LogP contribution in [0.4, 0.5) is 0 Å². The van der Waals surface area contributed by atoms with E-state index in [2.05, 4.69) is 5.10 Å². The van der Waals surface area contributed by atoms with Crippen LogP contribution in [0, 0.1) is 0 Å². The number of methoxy groups -OCH3 is 1. The SMILES string of the molecule is COc1cnn(CCCC(C)(N)C(=O)O)c1. The van der Waals surface area contributed by atoms with Crippen LogP contribution in [0.3, 0.4) is 0 Å². The Hall–Kier alpha value is -1.56. The van der Waals surface area contributed by atoms with Crippen LogP contribution in [0.15, 0.2) is 12.4 Å². The number of aryl methyl sites for hydroxylation is 1. The number of nitrogens with zero attached hydrogens (tertiary/aromatic N) is 2. The first kappa shape index (κ1) is 12.5. The maximum absolute atomic E-state index is 10.7. The summed E-state index contributed by atoms with van der Waals surface area (Å²) in [5.74, 6) is -0.292. The van der Waals surface area contributed by atoms with E-state index in [0.717, 1.165) is 0 Å². The molecule has 0 spiro atoms. The molecule has 3 N–H and O–H groups in total. The Labute approximate surface area is 94.0 Å². The van der Waals surface area contributed by atoms with Gasteiger partial charge in [0.05, 0.1) is 19.5 Å². The molecule has 0 bridgehead atoms. The molecule has 0 aliphatic carbocycles. The first-order valence-electron chi connectivity index (χ1n) is 5.04. The van der Waals surface area contributed by atoms with Gasteiger partial charge in [-0.05, 0) is 19.8 Å². The van der Waals surface area contributed by atoms with Crippen molar-refractivity contribution in [3.63, 3.8) is 0 Å². The fourth-order valence-electron chi connectivity index (χ4n) is 1.29. The zero-order chi connectivity index (χ0) is 12.2. The van der Waals surface area contributed by atoms with Crippen molar-refractivity contribution in [2.45, 2.75) is 31.8 Å². The molecule has 1 aromatic heterocycles. The lowest BCUT2D eigenvalue weighted by Crippen LogP contribution is -2.44. The Morgan fingerprint density at radius 3 is 2.94 bits per heavy atom. The second kappa shape index (κ2) is 4.98. The number of aromatic nitrogens is 2. The number of carbonyl (C=O) groups is 1. The molecule has 0 radical (unpaired) electrons. The van der Waals surface area contributed by atoms with E-state index >= 15 is 0 Å². The van der Waals surface area contributed by atoms with Crippen molar-refractivity contribution in [1.29, 1.82) is 0 Å². The smallest absolute Gasteiger partial charge is 0.323 e. The molecule has 0 aliphatic heterocycles. The summed E-state index contributed by atoms with van der Waals surface area (Å²) in [5, 5.41) is 12.9. The third-order valence-corrected chi connectivity index (χ3v) is 2.42. The molecule has 16 heavy (non-hydrogen) atoms. The Morgan fingerprint density at radius 1 is 1.75 bits per heavy atom. The molecular formula is C10H17N3O3. The first-order valence-corrected chi connectivity index (χ1v) is 5.04. The minimum Gasteiger partial charge on any atom is -0.493 e. The topological polar surface area (TPSA) is 90.4 Å². The van der Waals surface area contributed by atoms with Crippen LogP contribution >= 0.6 is 0 Å². The molecule has 1 rings (SSSR count). The van der Waals surface area contributed by atoms with E-state index in [0.29, 0.717) is 25.1 Å². The van der Waals surface area contributed by atoms with E-state index in [1.54, 1.807) is 24.2 Å². The fraction of sp³-hybridized carbons (Fsp3) is 0.600. The van der Waals surface area contributed by atoms with E-state index in [-0.39, 0.29) is 0 Å². The minimum absolute atomic E-state index is 0.407. The largest absolute Gasteiger partial charge is 0.493 e. The maximum atomic E-state index is 10.7. The molecule has 1 heterocycles. The van der Waals surface area contributed by atoms with Gasteiger partial charge in [0.1, 0.15) is 5.54 Å². The van der Waals surface area contributed by atoms with E-state index in [4.69, 9.17) is 15.6 Å². The molecule has 0 aliphatic rings. The summed E-state index contributed by atoms with van der Waals surface area (Å²) in [4.78, 5) is 10.7. The van der Waals surface area contributed by atoms with Gasteiger partial charge in [-0.3, -0.25) is 9.48 Å². The van der Waals surface area contributed by atoms with Crippen molar-refractivity contribution in [3.8, 4) is 5.75 Å². The van der Waals surface area contributed by atoms with E-state index < -0.39 is 11.5 Å². The van der Waals surface area contributed by atoms with Gasteiger partial charge in [0.25, 0.3) is 0 Å². The van der Waals surface area contributed by atoms with Gasteiger partial charge >= 0.3 is 5.97 Å². The van der Waals surface area contributed by atoms with Crippen LogP contribution < -0.4 is 10.5 Å². The van der Waals surface area contributed by atoms with Crippen molar-refractivity contribution in [3.05, 3.63) is 12.4 Å². The van der Waals surface area contributed by atoms with Gasteiger partial charge in [0.2, 0.25) is 0 Å². The van der Waals surface area contributed by atoms with Crippen LogP contribution in [0.5, 0.6) is 5.75 Å². The maximum Gasteiger partial charge on any atom is 0.323 e. The molecule has 0 fully saturated rings. The fourth-order valence-corrected chi connectivity index (χ4v) is 1.29. The first-order chi connectivity index (χ1) is 7.45. The van der Waals surface area contributed by atoms with Crippen LogP contribution in [0.1, 0.15) is 19.8 Å². The molecule has 6 heteroatoms. The van der Waals surface area contributed by atoms with Crippen molar-refractivity contribution >= 4 is 5.97 Å². The second-order valence-corrected chi connectivity index (χ2v) is 3.97. The number of hydrogen-bond acceptors (Lipinski definition) is 4. The molecular weight excluding hydrogens is 210 g/mol. The zero-order valence-electron chi connectivity index (χ0n) is 9.51. The Balaban J connectivity index is 2.38. The summed E-state index contributed by atoms with van der Waals surface area (Å²) < 4.78 is 6.68. The van der Waals surface area contributed by atoms with Gasteiger partial charge in [-0.25, -0.2) is 0 Å². The highest BCUT2D eigenvalue weighted by molar-refractivity contribution is 5.77. The predicted molar refractivity (Wildman–Crippen MR) is 58.2 cm³/mol. The predicted octanol–water partition coefficient (Wildman–Crippen LogP) is 0.474. The quantitative estimate of drug-likeness (QED) is 0.737. The molecule has 0 saturated carbocycles.